The zero-order valence-corrected chi connectivity index (χ0v) is 9.97. The molecule has 0 bridgehead atoms. The van der Waals surface area contributed by atoms with Crippen molar-refractivity contribution >= 4 is 5.97 Å². The lowest BCUT2D eigenvalue weighted by Crippen LogP contribution is -2.53. The summed E-state index contributed by atoms with van der Waals surface area (Å²) in [4.78, 5) is 11.9. The van der Waals surface area contributed by atoms with Gasteiger partial charge < -0.3 is 10.1 Å². The maximum absolute atomic E-state index is 11.9. The molecule has 0 radical (unpaired) electrons. The molecule has 0 aromatic rings. The molecule has 0 aliphatic heterocycles. The van der Waals surface area contributed by atoms with Gasteiger partial charge in [-0.3, -0.25) is 4.79 Å². The molecule has 3 nitrogen and oxygen atoms in total. The van der Waals surface area contributed by atoms with Crippen LogP contribution in [0.15, 0.2) is 0 Å². The van der Waals surface area contributed by atoms with Crippen molar-refractivity contribution in [2.75, 3.05) is 13.7 Å². The highest BCUT2D eigenvalue weighted by atomic mass is 16.5. The summed E-state index contributed by atoms with van der Waals surface area (Å²) < 4.78 is 4.94. The van der Waals surface area contributed by atoms with E-state index in [1.54, 1.807) is 0 Å². The molecular weight excluding hydrogens is 190 g/mol. The highest BCUT2D eigenvalue weighted by Crippen LogP contribution is 2.27. The average Bonchev–Trinajstić information content (AvgIpc) is 2.21. The Hall–Kier alpha value is -0.570. The first-order chi connectivity index (χ1) is 7.25. The summed E-state index contributed by atoms with van der Waals surface area (Å²) in [6, 6.07) is 0. The number of hydrogen-bond acceptors (Lipinski definition) is 3. The third-order valence-electron chi connectivity index (χ3n) is 3.30. The summed E-state index contributed by atoms with van der Waals surface area (Å²) in [7, 11) is 1.49. The third kappa shape index (κ3) is 3.20. The van der Waals surface area contributed by atoms with Crippen molar-refractivity contribution < 1.29 is 9.53 Å². The Bertz CT molecular complexity index is 196. The Morgan fingerprint density at radius 3 is 2.20 bits per heavy atom. The Morgan fingerprint density at radius 2 is 1.73 bits per heavy atom. The minimum Gasteiger partial charge on any atom is -0.468 e. The zero-order chi connectivity index (χ0) is 11.1. The zero-order valence-electron chi connectivity index (χ0n) is 9.97. The van der Waals surface area contributed by atoms with Gasteiger partial charge in [0.15, 0.2) is 0 Å². The molecule has 1 aliphatic carbocycles. The van der Waals surface area contributed by atoms with Crippen molar-refractivity contribution in [2.24, 2.45) is 0 Å². The third-order valence-corrected chi connectivity index (χ3v) is 3.30. The predicted molar refractivity (Wildman–Crippen MR) is 60.7 cm³/mol. The van der Waals surface area contributed by atoms with Crippen LogP contribution in [0.5, 0.6) is 0 Å². The van der Waals surface area contributed by atoms with Gasteiger partial charge in [0.25, 0.3) is 0 Å². The Balaban J connectivity index is 2.70. The highest BCUT2D eigenvalue weighted by molar-refractivity contribution is 5.80. The number of hydrogen-bond donors (Lipinski definition) is 1. The van der Waals surface area contributed by atoms with Crippen LogP contribution in [-0.4, -0.2) is 25.2 Å². The van der Waals surface area contributed by atoms with Gasteiger partial charge in [-0.05, 0) is 19.4 Å². The summed E-state index contributed by atoms with van der Waals surface area (Å²) in [5.41, 5.74) is -0.399. The Kier molecular flexibility index (Phi) is 5.09. The largest absolute Gasteiger partial charge is 0.468 e. The number of nitrogens with one attached hydrogen (secondary N) is 1. The van der Waals surface area contributed by atoms with Gasteiger partial charge in [-0.15, -0.1) is 0 Å². The fourth-order valence-electron chi connectivity index (χ4n) is 2.50. The summed E-state index contributed by atoms with van der Waals surface area (Å²) in [5, 5.41) is 3.34. The fourth-order valence-corrected chi connectivity index (χ4v) is 2.50. The first-order valence-electron chi connectivity index (χ1n) is 6.08. The van der Waals surface area contributed by atoms with Gasteiger partial charge in [0.1, 0.15) is 5.54 Å². The molecule has 1 aliphatic rings. The minimum absolute atomic E-state index is 0.0775. The molecule has 0 unspecified atom stereocenters. The van der Waals surface area contributed by atoms with Crippen molar-refractivity contribution in [1.82, 2.24) is 5.32 Å². The molecule has 0 atom stereocenters. The van der Waals surface area contributed by atoms with Crippen LogP contribution in [0.3, 0.4) is 0 Å². The van der Waals surface area contributed by atoms with Gasteiger partial charge in [0, 0.05) is 0 Å². The molecule has 1 rings (SSSR count). The van der Waals surface area contributed by atoms with E-state index in [4.69, 9.17) is 4.74 Å². The minimum atomic E-state index is -0.399. The number of likely N-dealkylation sites (N-methyl/N-ethyl adjacent to an activating group) is 1. The van der Waals surface area contributed by atoms with Crippen molar-refractivity contribution in [1.29, 1.82) is 0 Å². The number of carbonyl (C=O) groups is 1. The molecule has 0 aromatic carbocycles. The van der Waals surface area contributed by atoms with E-state index >= 15 is 0 Å². The Labute approximate surface area is 92.6 Å². The predicted octanol–water partition coefficient (Wildman–Crippen LogP) is 2.25. The van der Waals surface area contributed by atoms with E-state index < -0.39 is 5.54 Å². The van der Waals surface area contributed by atoms with Crippen LogP contribution in [0.4, 0.5) is 0 Å². The topological polar surface area (TPSA) is 38.3 Å². The van der Waals surface area contributed by atoms with E-state index in [1.807, 2.05) is 6.92 Å². The molecule has 0 saturated heterocycles. The van der Waals surface area contributed by atoms with Crippen LogP contribution < -0.4 is 5.32 Å². The van der Waals surface area contributed by atoms with E-state index in [0.717, 1.165) is 32.2 Å². The molecule has 1 N–H and O–H groups in total. The monoisotopic (exact) mass is 213 g/mol. The first kappa shape index (κ1) is 12.5. The smallest absolute Gasteiger partial charge is 0.326 e. The molecule has 0 heterocycles. The summed E-state index contributed by atoms with van der Waals surface area (Å²) in [6.45, 7) is 2.87. The average molecular weight is 213 g/mol. The Morgan fingerprint density at radius 1 is 1.20 bits per heavy atom. The second-order valence-electron chi connectivity index (χ2n) is 4.37. The molecule has 3 heteroatoms. The van der Waals surface area contributed by atoms with Crippen LogP contribution in [-0.2, 0) is 9.53 Å². The van der Waals surface area contributed by atoms with E-state index in [-0.39, 0.29) is 5.97 Å². The van der Waals surface area contributed by atoms with E-state index in [9.17, 15) is 4.79 Å². The maximum Gasteiger partial charge on any atom is 0.326 e. The molecule has 0 spiro atoms. The lowest BCUT2D eigenvalue weighted by molar-refractivity contribution is -0.149. The quantitative estimate of drug-likeness (QED) is 0.731. The number of methoxy groups -OCH3 is 1. The summed E-state index contributed by atoms with van der Waals surface area (Å²) >= 11 is 0. The van der Waals surface area contributed by atoms with Crippen LogP contribution in [0.25, 0.3) is 0 Å². The van der Waals surface area contributed by atoms with E-state index in [0.29, 0.717) is 0 Å². The van der Waals surface area contributed by atoms with Crippen LogP contribution in [0.1, 0.15) is 51.9 Å². The standard InChI is InChI=1S/C12H23NO2/c1-3-13-12(11(14)15-2)9-7-5-4-6-8-10-12/h13H,3-10H2,1-2H3. The van der Waals surface area contributed by atoms with Gasteiger partial charge in [-0.1, -0.05) is 39.0 Å². The lowest BCUT2D eigenvalue weighted by Gasteiger charge is -2.33. The van der Waals surface area contributed by atoms with Gasteiger partial charge in [-0.2, -0.15) is 0 Å². The SMILES string of the molecule is CCNC1(C(=O)OC)CCCCCCC1. The molecule has 0 amide bonds. The number of carbonyl (C=O) groups excluding carboxylic acids is 1. The van der Waals surface area contributed by atoms with Crippen molar-refractivity contribution in [3.8, 4) is 0 Å². The molecule has 1 saturated carbocycles. The number of rotatable bonds is 3. The van der Waals surface area contributed by atoms with Crippen LogP contribution in [0.2, 0.25) is 0 Å². The van der Waals surface area contributed by atoms with Gasteiger partial charge in [-0.25, -0.2) is 0 Å². The van der Waals surface area contributed by atoms with E-state index in [1.165, 1.54) is 26.4 Å². The van der Waals surface area contributed by atoms with Crippen molar-refractivity contribution in [2.45, 2.75) is 57.4 Å². The van der Waals surface area contributed by atoms with Crippen molar-refractivity contribution in [3.05, 3.63) is 0 Å². The molecule has 0 aromatic heterocycles. The first-order valence-corrected chi connectivity index (χ1v) is 6.08. The summed E-state index contributed by atoms with van der Waals surface area (Å²) in [6.07, 6.45) is 7.89. The second-order valence-corrected chi connectivity index (χ2v) is 4.37. The van der Waals surface area contributed by atoms with Crippen LogP contribution in [0, 0.1) is 0 Å². The molecule has 88 valence electrons. The van der Waals surface area contributed by atoms with Gasteiger partial charge in [0.05, 0.1) is 7.11 Å². The second kappa shape index (κ2) is 6.11. The molecule has 1 fully saturated rings. The van der Waals surface area contributed by atoms with Gasteiger partial charge >= 0.3 is 5.97 Å². The maximum atomic E-state index is 11.9. The number of ether oxygens (including phenoxy) is 1. The van der Waals surface area contributed by atoms with Crippen molar-refractivity contribution in [3.63, 3.8) is 0 Å². The molecular formula is C12H23NO2. The highest BCUT2D eigenvalue weighted by Gasteiger charge is 2.37. The van der Waals surface area contributed by atoms with Gasteiger partial charge in [0.2, 0.25) is 0 Å². The molecule has 15 heavy (non-hydrogen) atoms. The van der Waals surface area contributed by atoms with E-state index in [2.05, 4.69) is 5.32 Å². The normalized spacial score (nSPS) is 21.5. The number of esters is 1. The fraction of sp³-hybridized carbons (Fsp3) is 0.917. The lowest BCUT2D eigenvalue weighted by atomic mass is 9.84. The summed E-state index contributed by atoms with van der Waals surface area (Å²) in [5.74, 6) is -0.0775. The van der Waals surface area contributed by atoms with Crippen LogP contribution >= 0.6 is 0 Å².